The molecule has 0 saturated carbocycles. The lowest BCUT2D eigenvalue weighted by atomic mass is 10.1. The number of halogens is 1. The molecule has 142 valence electrons. The predicted molar refractivity (Wildman–Crippen MR) is 114 cm³/mol. The summed E-state index contributed by atoms with van der Waals surface area (Å²) in [7, 11) is 0. The van der Waals surface area contributed by atoms with E-state index in [9.17, 15) is 9.59 Å². The number of carbonyl (C=O) groups is 2. The van der Waals surface area contributed by atoms with Crippen LogP contribution in [0, 0.1) is 0 Å². The van der Waals surface area contributed by atoms with Gasteiger partial charge in [-0.2, -0.15) is 0 Å². The molecule has 0 unspecified atom stereocenters. The van der Waals surface area contributed by atoms with Gasteiger partial charge in [-0.3, -0.25) is 9.59 Å². The van der Waals surface area contributed by atoms with Crippen LogP contribution in [0.15, 0.2) is 77.3 Å². The number of amides is 2. The topological polar surface area (TPSA) is 67.4 Å². The third kappa shape index (κ3) is 4.78. The number of rotatable bonds is 6. The van der Waals surface area contributed by atoms with Crippen molar-refractivity contribution >= 4 is 39.1 Å². The van der Waals surface area contributed by atoms with Gasteiger partial charge in [-0.15, -0.1) is 0 Å². The van der Waals surface area contributed by atoms with E-state index in [1.165, 1.54) is 0 Å². The molecular weight excluding hydrogens is 420 g/mol. The highest BCUT2D eigenvalue weighted by atomic mass is 79.9. The maximum Gasteiger partial charge on any atom is 0.256 e. The van der Waals surface area contributed by atoms with Crippen LogP contribution in [0.5, 0.6) is 5.75 Å². The molecule has 5 nitrogen and oxygen atoms in total. The maximum absolute atomic E-state index is 12.7. The number of hydrogen-bond donors (Lipinski definition) is 2. The van der Waals surface area contributed by atoms with Crippen molar-refractivity contribution in [1.82, 2.24) is 0 Å². The molecule has 0 aliphatic heterocycles. The molecule has 3 rings (SSSR count). The van der Waals surface area contributed by atoms with Gasteiger partial charge in [0, 0.05) is 16.1 Å². The second-order valence-electron chi connectivity index (χ2n) is 5.89. The van der Waals surface area contributed by atoms with Crippen molar-refractivity contribution in [3.8, 4) is 5.75 Å². The summed E-state index contributed by atoms with van der Waals surface area (Å²) in [4.78, 5) is 25.2. The van der Waals surface area contributed by atoms with Crippen LogP contribution in [0.25, 0.3) is 0 Å². The van der Waals surface area contributed by atoms with Gasteiger partial charge < -0.3 is 15.4 Å². The third-order valence-corrected chi connectivity index (χ3v) is 4.64. The average Bonchev–Trinajstić information content (AvgIpc) is 2.71. The van der Waals surface area contributed by atoms with Crippen molar-refractivity contribution in [2.24, 2.45) is 0 Å². The van der Waals surface area contributed by atoms with E-state index in [1.807, 2.05) is 19.1 Å². The third-order valence-electron chi connectivity index (χ3n) is 3.95. The van der Waals surface area contributed by atoms with E-state index >= 15 is 0 Å². The second kappa shape index (κ2) is 9.19. The molecule has 3 aromatic carbocycles. The first kappa shape index (κ1) is 19.6. The highest BCUT2D eigenvalue weighted by Gasteiger charge is 2.15. The van der Waals surface area contributed by atoms with Crippen molar-refractivity contribution in [3.05, 3.63) is 88.4 Å². The Labute approximate surface area is 171 Å². The highest BCUT2D eigenvalue weighted by Crippen LogP contribution is 2.29. The van der Waals surface area contributed by atoms with E-state index in [4.69, 9.17) is 4.74 Å². The summed E-state index contributed by atoms with van der Waals surface area (Å²) in [6, 6.07) is 21.2. The Morgan fingerprint density at radius 2 is 1.54 bits per heavy atom. The Kier molecular flexibility index (Phi) is 6.45. The predicted octanol–water partition coefficient (Wildman–Crippen LogP) is 5.35. The van der Waals surface area contributed by atoms with Gasteiger partial charge >= 0.3 is 0 Å². The fourth-order valence-corrected chi connectivity index (χ4v) is 3.08. The summed E-state index contributed by atoms with van der Waals surface area (Å²) in [5.41, 5.74) is 1.96. The van der Waals surface area contributed by atoms with Crippen LogP contribution in [-0.2, 0) is 0 Å². The molecule has 0 saturated heterocycles. The average molecular weight is 439 g/mol. The molecule has 2 amide bonds. The normalized spacial score (nSPS) is 10.2. The molecule has 3 aromatic rings. The number of anilines is 2. The van der Waals surface area contributed by atoms with Gasteiger partial charge in [0.2, 0.25) is 0 Å². The molecule has 0 spiro atoms. The first-order valence-electron chi connectivity index (χ1n) is 8.77. The van der Waals surface area contributed by atoms with Gasteiger partial charge in [-0.25, -0.2) is 0 Å². The largest absolute Gasteiger partial charge is 0.494 e. The van der Waals surface area contributed by atoms with Gasteiger partial charge in [-0.1, -0.05) is 30.3 Å². The number of carbonyl (C=O) groups excluding carboxylic acids is 2. The SMILES string of the molecule is CCOc1ccc(NC(=O)c2ccccc2)c(NC(=O)c2ccccc2Br)c1. The fourth-order valence-electron chi connectivity index (χ4n) is 2.61. The molecule has 0 aliphatic carbocycles. The van der Waals surface area contributed by atoms with E-state index in [0.29, 0.717) is 39.3 Å². The monoisotopic (exact) mass is 438 g/mol. The first-order valence-corrected chi connectivity index (χ1v) is 9.57. The van der Waals surface area contributed by atoms with Crippen LogP contribution >= 0.6 is 15.9 Å². The maximum atomic E-state index is 12.7. The van der Waals surface area contributed by atoms with E-state index in [1.54, 1.807) is 60.7 Å². The lowest BCUT2D eigenvalue weighted by Crippen LogP contribution is -2.17. The zero-order valence-corrected chi connectivity index (χ0v) is 16.8. The molecule has 0 radical (unpaired) electrons. The van der Waals surface area contributed by atoms with Crippen molar-refractivity contribution in [3.63, 3.8) is 0 Å². The second-order valence-corrected chi connectivity index (χ2v) is 6.75. The molecule has 0 atom stereocenters. The van der Waals surface area contributed by atoms with Gasteiger partial charge in [0.15, 0.2) is 0 Å². The summed E-state index contributed by atoms with van der Waals surface area (Å²) in [6.45, 7) is 2.37. The lowest BCUT2D eigenvalue weighted by Gasteiger charge is -2.15. The minimum atomic E-state index is -0.295. The van der Waals surface area contributed by atoms with Gasteiger partial charge in [0.1, 0.15) is 5.75 Å². The van der Waals surface area contributed by atoms with Gasteiger partial charge in [0.25, 0.3) is 11.8 Å². The van der Waals surface area contributed by atoms with Crippen LogP contribution in [-0.4, -0.2) is 18.4 Å². The lowest BCUT2D eigenvalue weighted by molar-refractivity contribution is 0.101. The summed E-state index contributed by atoms with van der Waals surface area (Å²) in [6.07, 6.45) is 0. The zero-order valence-electron chi connectivity index (χ0n) is 15.2. The standard InChI is InChI=1S/C22H19BrN2O3/c1-2-28-16-12-13-19(24-21(26)15-8-4-3-5-9-15)20(14-16)25-22(27)17-10-6-7-11-18(17)23/h3-14H,2H2,1H3,(H,24,26)(H,25,27). The van der Waals surface area contributed by atoms with Crippen molar-refractivity contribution in [2.75, 3.05) is 17.2 Å². The molecule has 0 heterocycles. The number of benzene rings is 3. The molecule has 28 heavy (non-hydrogen) atoms. The fraction of sp³-hybridized carbons (Fsp3) is 0.0909. The zero-order chi connectivity index (χ0) is 19.9. The minimum Gasteiger partial charge on any atom is -0.494 e. The Balaban J connectivity index is 1.89. The molecular formula is C22H19BrN2O3. The van der Waals surface area contributed by atoms with Crippen molar-refractivity contribution in [2.45, 2.75) is 6.92 Å². The highest BCUT2D eigenvalue weighted by molar-refractivity contribution is 9.10. The molecule has 6 heteroatoms. The number of ether oxygens (including phenoxy) is 1. The summed E-state index contributed by atoms with van der Waals surface area (Å²) in [5.74, 6) is 0.0418. The quantitative estimate of drug-likeness (QED) is 0.544. The van der Waals surface area contributed by atoms with E-state index in [0.717, 1.165) is 0 Å². The van der Waals surface area contributed by atoms with E-state index < -0.39 is 0 Å². The van der Waals surface area contributed by atoms with Gasteiger partial charge in [0.05, 0.1) is 23.5 Å². The molecule has 0 aromatic heterocycles. The summed E-state index contributed by atoms with van der Waals surface area (Å²) < 4.78 is 6.21. The molecule has 0 aliphatic rings. The van der Waals surface area contributed by atoms with Crippen molar-refractivity contribution < 1.29 is 14.3 Å². The Hall–Kier alpha value is -3.12. The summed E-state index contributed by atoms with van der Waals surface area (Å²) >= 11 is 3.38. The van der Waals surface area contributed by atoms with E-state index in [2.05, 4.69) is 26.6 Å². The summed E-state index contributed by atoms with van der Waals surface area (Å²) in [5, 5.41) is 5.71. The molecule has 0 fully saturated rings. The molecule has 2 N–H and O–H groups in total. The Bertz CT molecular complexity index is 990. The Morgan fingerprint density at radius 1 is 0.857 bits per heavy atom. The van der Waals surface area contributed by atoms with Crippen LogP contribution in [0.2, 0.25) is 0 Å². The van der Waals surface area contributed by atoms with E-state index in [-0.39, 0.29) is 11.8 Å². The smallest absolute Gasteiger partial charge is 0.256 e. The van der Waals surface area contributed by atoms with Crippen LogP contribution in [0.4, 0.5) is 11.4 Å². The van der Waals surface area contributed by atoms with Crippen LogP contribution in [0.3, 0.4) is 0 Å². The first-order chi connectivity index (χ1) is 13.6. The number of nitrogens with one attached hydrogen (secondary N) is 2. The van der Waals surface area contributed by atoms with Crippen molar-refractivity contribution in [1.29, 1.82) is 0 Å². The van der Waals surface area contributed by atoms with Gasteiger partial charge in [-0.05, 0) is 59.3 Å². The van der Waals surface area contributed by atoms with Crippen LogP contribution < -0.4 is 15.4 Å². The van der Waals surface area contributed by atoms with Crippen LogP contribution in [0.1, 0.15) is 27.6 Å². The molecule has 0 bridgehead atoms. The number of hydrogen-bond acceptors (Lipinski definition) is 3. The Morgan fingerprint density at radius 3 is 2.25 bits per heavy atom. The minimum absolute atomic E-state index is 0.263.